The number of nitrogens with one attached hydrogen (secondary N) is 1. The zero-order valence-electron chi connectivity index (χ0n) is 14.6. The minimum atomic E-state index is -4.50. The topological polar surface area (TPSA) is 118 Å². The van der Waals surface area contributed by atoms with Crippen molar-refractivity contribution in [3.05, 3.63) is 66.4 Å². The summed E-state index contributed by atoms with van der Waals surface area (Å²) in [5.41, 5.74) is 7.35. The molecule has 0 saturated carbocycles. The normalized spacial score (nSPS) is 14.5. The van der Waals surface area contributed by atoms with Crippen molar-refractivity contribution in [2.45, 2.75) is 12.5 Å². The van der Waals surface area contributed by atoms with Crippen molar-refractivity contribution in [1.29, 1.82) is 0 Å². The Kier molecular flexibility index (Phi) is 5.62. The van der Waals surface area contributed by atoms with Crippen LogP contribution in [0.2, 0.25) is 0 Å². The van der Waals surface area contributed by atoms with Gasteiger partial charge in [-0.25, -0.2) is 19.9 Å². The van der Waals surface area contributed by atoms with Crippen molar-refractivity contribution >= 4 is 30.3 Å². The van der Waals surface area contributed by atoms with Gasteiger partial charge in [0.15, 0.2) is 6.04 Å². The van der Waals surface area contributed by atoms with Crippen molar-refractivity contribution in [2.24, 2.45) is 5.50 Å². The molecule has 4 N–H and O–H groups in total. The van der Waals surface area contributed by atoms with E-state index < -0.39 is 19.8 Å². The van der Waals surface area contributed by atoms with Gasteiger partial charge in [0.25, 0.3) is 0 Å². The van der Waals surface area contributed by atoms with Crippen LogP contribution in [0.5, 0.6) is 0 Å². The average molecular weight is 389 g/mol. The molecule has 3 rings (SSSR count). The van der Waals surface area contributed by atoms with Crippen LogP contribution in [0.1, 0.15) is 5.56 Å². The molecule has 8 nitrogen and oxygen atoms in total. The lowest BCUT2D eigenvalue weighted by atomic mass is 10.0. The van der Waals surface area contributed by atoms with Gasteiger partial charge in [-0.15, -0.1) is 0 Å². The molecule has 0 aliphatic heterocycles. The molecule has 27 heavy (non-hydrogen) atoms. The average Bonchev–Trinajstić information content (AvgIpc) is 3.04. The summed E-state index contributed by atoms with van der Waals surface area (Å²) in [7, 11) is -3.09. The summed E-state index contributed by atoms with van der Waals surface area (Å²) >= 11 is 0. The second-order valence-electron chi connectivity index (χ2n) is 5.90. The van der Waals surface area contributed by atoms with Crippen LogP contribution in [0.15, 0.2) is 60.8 Å². The van der Waals surface area contributed by atoms with Crippen LogP contribution in [0, 0.1) is 0 Å². The zero-order chi connectivity index (χ0) is 19.4. The number of fused-ring (bicyclic) bond motifs is 1. The van der Waals surface area contributed by atoms with Gasteiger partial charge in [-0.3, -0.25) is 4.84 Å². The van der Waals surface area contributed by atoms with Crippen molar-refractivity contribution in [1.82, 2.24) is 4.98 Å². The van der Waals surface area contributed by atoms with Crippen LogP contribution >= 0.6 is 7.75 Å². The number of para-hydroxylation sites is 2. The van der Waals surface area contributed by atoms with Crippen LogP contribution in [0.4, 0.5) is 5.69 Å². The molecule has 0 bridgehead atoms. The molecule has 3 aromatic rings. The Hall–Kier alpha value is -2.64. The highest BCUT2D eigenvalue weighted by Crippen LogP contribution is 2.34. The number of hydroxylamine groups is 1. The van der Waals surface area contributed by atoms with E-state index in [1.165, 1.54) is 12.2 Å². The number of nitrogens with zero attached hydrogens (tertiary/aromatic N) is 1. The zero-order valence-corrected chi connectivity index (χ0v) is 15.5. The number of aromatic nitrogens is 1. The molecular weight excluding hydrogens is 369 g/mol. The fraction of sp³-hybridized carbons (Fsp3) is 0.167. The first-order chi connectivity index (χ1) is 12.9. The molecule has 0 aliphatic carbocycles. The summed E-state index contributed by atoms with van der Waals surface area (Å²) in [6.07, 6.45) is 1.95. The lowest BCUT2D eigenvalue weighted by Gasteiger charge is -2.29. The number of carbonyl (C=O) groups excluding carboxylic acids is 1. The predicted molar refractivity (Wildman–Crippen MR) is 102 cm³/mol. The number of hydrogen-bond donors (Lipinski definition) is 3. The Morgan fingerprint density at radius 3 is 2.56 bits per heavy atom. The Morgan fingerprint density at radius 2 is 1.89 bits per heavy atom. The number of anilines is 1. The predicted octanol–water partition coefficient (Wildman–Crippen LogP) is 2.75. The van der Waals surface area contributed by atoms with Crippen LogP contribution in [-0.4, -0.2) is 29.0 Å². The van der Waals surface area contributed by atoms with Crippen LogP contribution in [0.3, 0.4) is 0 Å². The maximum atomic E-state index is 12.6. The van der Waals surface area contributed by atoms with Gasteiger partial charge in [0.05, 0.1) is 12.8 Å². The number of hydrogen-bond acceptors (Lipinski definition) is 5. The molecule has 1 unspecified atom stereocenters. The highest BCUT2D eigenvalue weighted by atomic mass is 31.2. The fourth-order valence-corrected chi connectivity index (χ4v) is 3.33. The quantitative estimate of drug-likeness (QED) is 0.420. The van der Waals surface area contributed by atoms with Crippen molar-refractivity contribution < 1.29 is 23.6 Å². The van der Waals surface area contributed by atoms with Gasteiger partial charge < -0.3 is 14.4 Å². The van der Waals surface area contributed by atoms with E-state index in [-0.39, 0.29) is 6.42 Å². The van der Waals surface area contributed by atoms with E-state index in [9.17, 15) is 14.3 Å². The fourth-order valence-electron chi connectivity index (χ4n) is 2.95. The third-order valence-corrected chi connectivity index (χ3v) is 4.51. The summed E-state index contributed by atoms with van der Waals surface area (Å²) in [6, 6.07) is 15.5. The Bertz CT molecular complexity index is 969. The molecule has 0 radical (unpaired) electrons. The number of nitrogens with two attached hydrogens (primary N) is 1. The van der Waals surface area contributed by atoms with E-state index in [0.717, 1.165) is 16.5 Å². The number of H-pyrrole nitrogens is 1. The molecule has 1 aromatic heterocycles. The second-order valence-corrected chi connectivity index (χ2v) is 7.21. The van der Waals surface area contributed by atoms with E-state index in [1.807, 2.05) is 30.3 Å². The van der Waals surface area contributed by atoms with Crippen LogP contribution < -0.4 is 10.6 Å². The van der Waals surface area contributed by atoms with Crippen molar-refractivity contribution in [3.8, 4) is 0 Å². The molecule has 9 heteroatoms. The van der Waals surface area contributed by atoms with Gasteiger partial charge in [0.2, 0.25) is 0 Å². The Balaban J connectivity index is 1.98. The lowest BCUT2D eigenvalue weighted by Crippen LogP contribution is -2.43. The Morgan fingerprint density at radius 1 is 1.22 bits per heavy atom. The molecule has 142 valence electrons. The third kappa shape index (κ3) is 4.56. The van der Waals surface area contributed by atoms with E-state index >= 15 is 0 Å². The van der Waals surface area contributed by atoms with Crippen LogP contribution in [-0.2, 0) is 25.1 Å². The smallest absolute Gasteiger partial charge is 0.379 e. The standard InChI is InChI=1S/C18H20N3O5P/c1-25-21(14-7-3-2-4-8-14)17(18(22)26-27(19,23)24)11-13-12-20-16-10-6-5-9-15(13)16/h2-10,12,17,20H,11H2,1H3,(H3,19,23,24)/t17-/m1/s1. The number of rotatable bonds is 7. The lowest BCUT2D eigenvalue weighted by molar-refractivity contribution is -0.138. The van der Waals surface area contributed by atoms with Gasteiger partial charge in [-0.2, -0.15) is 0 Å². The number of carbonyl (C=O) groups is 1. The molecule has 2 aromatic carbocycles. The third-order valence-electron chi connectivity index (χ3n) is 4.07. The van der Waals surface area contributed by atoms with Crippen molar-refractivity contribution in [3.63, 3.8) is 0 Å². The summed E-state index contributed by atoms with van der Waals surface area (Å²) < 4.78 is 16.0. The molecule has 0 fully saturated rings. The van der Waals surface area contributed by atoms with E-state index in [2.05, 4.69) is 9.51 Å². The van der Waals surface area contributed by atoms with E-state index in [4.69, 9.17) is 10.3 Å². The van der Waals surface area contributed by atoms with Crippen LogP contribution in [0.25, 0.3) is 10.9 Å². The van der Waals surface area contributed by atoms with Gasteiger partial charge in [0.1, 0.15) is 0 Å². The first kappa shape index (κ1) is 19.1. The first-order valence-corrected chi connectivity index (χ1v) is 9.82. The minimum absolute atomic E-state index is 0.172. The number of aromatic amines is 1. The molecular formula is C18H20N3O5P. The molecule has 0 spiro atoms. The van der Waals surface area contributed by atoms with Gasteiger partial charge in [0, 0.05) is 23.5 Å². The van der Waals surface area contributed by atoms with Gasteiger partial charge in [-0.1, -0.05) is 36.4 Å². The van der Waals surface area contributed by atoms with Crippen molar-refractivity contribution in [2.75, 3.05) is 12.2 Å². The summed E-state index contributed by atoms with van der Waals surface area (Å²) in [5, 5.41) is 2.26. The second kappa shape index (κ2) is 7.94. The molecule has 0 amide bonds. The monoisotopic (exact) mass is 389 g/mol. The van der Waals surface area contributed by atoms with Gasteiger partial charge in [-0.05, 0) is 23.8 Å². The molecule has 0 aliphatic rings. The van der Waals surface area contributed by atoms with Gasteiger partial charge >= 0.3 is 13.7 Å². The SMILES string of the molecule is CON(c1ccccc1)[C@H](Cc1c[nH]c2ccccc12)C(=O)OP(N)(=O)O. The van der Waals surface area contributed by atoms with E-state index in [0.29, 0.717) is 5.69 Å². The summed E-state index contributed by atoms with van der Waals surface area (Å²) in [4.78, 5) is 30.5. The first-order valence-electron chi connectivity index (χ1n) is 8.17. The minimum Gasteiger partial charge on any atom is -0.379 e. The summed E-state index contributed by atoms with van der Waals surface area (Å²) in [6.45, 7) is 0. The maximum Gasteiger partial charge on any atom is 0.455 e. The summed E-state index contributed by atoms with van der Waals surface area (Å²) in [5.74, 6) is -0.959. The largest absolute Gasteiger partial charge is 0.455 e. The molecule has 0 saturated heterocycles. The highest BCUT2D eigenvalue weighted by molar-refractivity contribution is 7.50. The maximum absolute atomic E-state index is 12.6. The molecule has 1 heterocycles. The number of benzene rings is 2. The van der Waals surface area contributed by atoms with E-state index in [1.54, 1.807) is 30.5 Å². The molecule has 2 atom stereocenters. The highest BCUT2D eigenvalue weighted by Gasteiger charge is 2.33. The Labute approximate surface area is 156 Å².